The van der Waals surface area contributed by atoms with Crippen LogP contribution in [-0.2, 0) is 4.79 Å². The van der Waals surface area contributed by atoms with E-state index in [4.69, 9.17) is 16.0 Å². The van der Waals surface area contributed by atoms with Crippen LogP contribution >= 0.6 is 23.4 Å². The first-order chi connectivity index (χ1) is 17.0. The Kier molecular flexibility index (Phi) is 6.22. The minimum Gasteiger partial charge on any atom is -0.478 e. The molecule has 4 aromatic rings. The van der Waals surface area contributed by atoms with E-state index in [-0.39, 0.29) is 11.5 Å². The van der Waals surface area contributed by atoms with E-state index in [2.05, 4.69) is 9.98 Å². The molecule has 1 fully saturated rings. The molecule has 0 unspecified atom stereocenters. The molecule has 35 heavy (non-hydrogen) atoms. The number of carbonyl (C=O) groups excluding carboxylic acids is 1. The molecule has 1 saturated heterocycles. The molecule has 0 aliphatic carbocycles. The number of carboxylic acids is 1. The third-order valence-corrected chi connectivity index (χ3v) is 6.25. The van der Waals surface area contributed by atoms with Gasteiger partial charge in [0, 0.05) is 22.9 Å². The van der Waals surface area contributed by atoms with Crippen LogP contribution in [0.4, 0.5) is 11.5 Å². The molecular formula is C26H16ClN3O4S. The molecule has 7 nitrogen and oxygen atoms in total. The van der Waals surface area contributed by atoms with Crippen molar-refractivity contribution in [2.75, 3.05) is 4.90 Å². The molecule has 1 aliphatic heterocycles. The summed E-state index contributed by atoms with van der Waals surface area (Å²) in [5.41, 5.74) is 1.43. The standard InChI is InChI=1S/C26H16ClN3O4S/c27-18-7-9-19(10-8-18)29-26-30(23-6-1-2-13-28-23)24(31)22(35-26)15-20-11-12-21(34-20)16-4-3-5-17(14-16)25(32)33/h1-15H,(H,32,33). The minimum atomic E-state index is -1.02. The van der Waals surface area contributed by atoms with Gasteiger partial charge in [-0.15, -0.1) is 0 Å². The summed E-state index contributed by atoms with van der Waals surface area (Å²) in [7, 11) is 0. The lowest BCUT2D eigenvalue weighted by Gasteiger charge is -2.14. The van der Waals surface area contributed by atoms with Crippen LogP contribution in [0.1, 0.15) is 16.1 Å². The fraction of sp³-hybridized carbons (Fsp3) is 0. The summed E-state index contributed by atoms with van der Waals surface area (Å²) < 4.78 is 5.90. The van der Waals surface area contributed by atoms with Crippen molar-refractivity contribution in [1.29, 1.82) is 0 Å². The van der Waals surface area contributed by atoms with Gasteiger partial charge in [0.05, 0.1) is 16.2 Å². The minimum absolute atomic E-state index is 0.161. The van der Waals surface area contributed by atoms with Crippen LogP contribution < -0.4 is 4.90 Å². The summed E-state index contributed by atoms with van der Waals surface area (Å²) in [5, 5.41) is 10.3. The van der Waals surface area contributed by atoms with E-state index in [0.29, 0.717) is 43.7 Å². The number of anilines is 1. The number of amides is 1. The van der Waals surface area contributed by atoms with Crippen molar-refractivity contribution in [2.24, 2.45) is 4.99 Å². The van der Waals surface area contributed by atoms with Gasteiger partial charge in [-0.05, 0) is 72.4 Å². The molecular weight excluding hydrogens is 486 g/mol. The van der Waals surface area contributed by atoms with E-state index in [9.17, 15) is 14.7 Å². The molecule has 1 aliphatic rings. The summed E-state index contributed by atoms with van der Waals surface area (Å²) >= 11 is 7.19. The smallest absolute Gasteiger partial charge is 0.335 e. The molecule has 172 valence electrons. The summed E-state index contributed by atoms with van der Waals surface area (Å²) in [4.78, 5) is 35.4. The van der Waals surface area contributed by atoms with Gasteiger partial charge in [0.15, 0.2) is 5.17 Å². The second kappa shape index (κ2) is 9.61. The summed E-state index contributed by atoms with van der Waals surface area (Å²) in [6, 6.07) is 22.2. The number of aromatic carboxylic acids is 1. The van der Waals surface area contributed by atoms with E-state index >= 15 is 0 Å². The van der Waals surface area contributed by atoms with Crippen LogP contribution in [-0.4, -0.2) is 27.1 Å². The van der Waals surface area contributed by atoms with Crippen LogP contribution in [0.25, 0.3) is 17.4 Å². The number of nitrogens with zero attached hydrogens (tertiary/aromatic N) is 3. The average molecular weight is 502 g/mol. The molecule has 5 rings (SSSR count). The lowest BCUT2D eigenvalue weighted by Crippen LogP contribution is -2.29. The SMILES string of the molecule is O=C(O)c1cccc(-c2ccc(C=C3SC(=Nc4ccc(Cl)cc4)N(c4ccccn4)C3=O)o2)c1. The Bertz CT molecular complexity index is 1480. The Morgan fingerprint density at radius 3 is 2.63 bits per heavy atom. The Hall–Kier alpha value is -4.14. The molecule has 2 aromatic heterocycles. The first-order valence-corrected chi connectivity index (χ1v) is 11.6. The van der Waals surface area contributed by atoms with E-state index < -0.39 is 5.97 Å². The van der Waals surface area contributed by atoms with E-state index in [1.807, 2.05) is 0 Å². The Labute approximate surface area is 209 Å². The Balaban J connectivity index is 1.49. The normalized spacial score (nSPS) is 15.8. The Morgan fingerprint density at radius 2 is 1.89 bits per heavy atom. The number of thioether (sulfide) groups is 1. The van der Waals surface area contributed by atoms with Gasteiger partial charge in [-0.25, -0.2) is 19.7 Å². The van der Waals surface area contributed by atoms with Gasteiger partial charge in [0.1, 0.15) is 17.3 Å². The molecule has 0 bridgehead atoms. The predicted octanol–water partition coefficient (Wildman–Crippen LogP) is 6.50. The molecule has 9 heteroatoms. The average Bonchev–Trinajstić information content (AvgIpc) is 3.46. The number of benzene rings is 2. The van der Waals surface area contributed by atoms with Gasteiger partial charge in [-0.3, -0.25) is 4.79 Å². The van der Waals surface area contributed by atoms with Crippen LogP contribution in [0.3, 0.4) is 0 Å². The number of aliphatic imine (C=N–C) groups is 1. The molecule has 1 N–H and O–H groups in total. The van der Waals surface area contributed by atoms with Crippen molar-refractivity contribution in [3.63, 3.8) is 0 Å². The lowest BCUT2D eigenvalue weighted by molar-refractivity contribution is -0.113. The maximum Gasteiger partial charge on any atom is 0.335 e. The summed E-state index contributed by atoms with van der Waals surface area (Å²) in [6.45, 7) is 0. The predicted molar refractivity (Wildman–Crippen MR) is 137 cm³/mol. The number of aromatic nitrogens is 1. The Morgan fingerprint density at radius 1 is 1.06 bits per heavy atom. The topological polar surface area (TPSA) is 96.0 Å². The van der Waals surface area contributed by atoms with Crippen LogP contribution in [0.15, 0.2) is 99.4 Å². The van der Waals surface area contributed by atoms with E-state index in [1.54, 1.807) is 79.0 Å². The molecule has 3 heterocycles. The third-order valence-electron chi connectivity index (χ3n) is 5.03. The van der Waals surface area contributed by atoms with Gasteiger partial charge >= 0.3 is 5.97 Å². The number of rotatable bonds is 5. The highest BCUT2D eigenvalue weighted by Crippen LogP contribution is 2.37. The zero-order valence-electron chi connectivity index (χ0n) is 18.0. The molecule has 2 aromatic carbocycles. The van der Waals surface area contributed by atoms with Crippen molar-refractivity contribution < 1.29 is 19.1 Å². The number of halogens is 1. The lowest BCUT2D eigenvalue weighted by atomic mass is 10.1. The number of hydrogen-bond donors (Lipinski definition) is 1. The summed E-state index contributed by atoms with van der Waals surface area (Å²) in [6.07, 6.45) is 3.25. The third kappa shape index (κ3) is 4.89. The van der Waals surface area contributed by atoms with E-state index in [1.165, 1.54) is 28.8 Å². The van der Waals surface area contributed by atoms with Gasteiger partial charge in [-0.2, -0.15) is 0 Å². The monoisotopic (exact) mass is 501 g/mol. The number of hydrogen-bond acceptors (Lipinski definition) is 6. The zero-order valence-corrected chi connectivity index (χ0v) is 19.5. The van der Waals surface area contributed by atoms with Crippen molar-refractivity contribution in [2.45, 2.75) is 0 Å². The largest absolute Gasteiger partial charge is 0.478 e. The highest BCUT2D eigenvalue weighted by atomic mass is 35.5. The quantitative estimate of drug-likeness (QED) is 0.313. The second-order valence-electron chi connectivity index (χ2n) is 7.40. The molecule has 0 radical (unpaired) electrons. The highest BCUT2D eigenvalue weighted by Gasteiger charge is 2.35. The molecule has 1 amide bonds. The maximum absolute atomic E-state index is 13.3. The fourth-order valence-corrected chi connectivity index (χ4v) is 4.48. The van der Waals surface area contributed by atoms with Crippen molar-refractivity contribution in [3.05, 3.63) is 106 Å². The fourth-order valence-electron chi connectivity index (χ4n) is 3.38. The number of furan rings is 1. The van der Waals surface area contributed by atoms with Crippen molar-refractivity contribution >= 4 is 58.0 Å². The van der Waals surface area contributed by atoms with Gasteiger partial charge < -0.3 is 9.52 Å². The second-order valence-corrected chi connectivity index (χ2v) is 8.84. The number of pyridine rings is 1. The molecule has 0 atom stereocenters. The van der Waals surface area contributed by atoms with Gasteiger partial charge in [0.25, 0.3) is 5.91 Å². The first kappa shape index (κ1) is 22.6. The highest BCUT2D eigenvalue weighted by molar-refractivity contribution is 8.19. The number of carbonyl (C=O) groups is 2. The maximum atomic E-state index is 13.3. The van der Waals surface area contributed by atoms with Gasteiger partial charge in [0.2, 0.25) is 0 Å². The van der Waals surface area contributed by atoms with E-state index in [0.717, 1.165) is 0 Å². The number of amidine groups is 1. The van der Waals surface area contributed by atoms with Crippen molar-refractivity contribution in [3.8, 4) is 11.3 Å². The van der Waals surface area contributed by atoms with Crippen LogP contribution in [0.5, 0.6) is 0 Å². The van der Waals surface area contributed by atoms with Crippen LogP contribution in [0.2, 0.25) is 5.02 Å². The van der Waals surface area contributed by atoms with Crippen LogP contribution in [0, 0.1) is 0 Å². The van der Waals surface area contributed by atoms with Gasteiger partial charge in [-0.1, -0.05) is 29.8 Å². The zero-order chi connectivity index (χ0) is 24.4. The first-order valence-electron chi connectivity index (χ1n) is 10.4. The summed E-state index contributed by atoms with van der Waals surface area (Å²) in [5.74, 6) is 0.0899. The molecule has 0 saturated carbocycles. The number of carboxylic acid groups (broad SMARTS) is 1. The van der Waals surface area contributed by atoms with Crippen molar-refractivity contribution in [1.82, 2.24) is 4.98 Å². The molecule has 0 spiro atoms.